The summed E-state index contributed by atoms with van der Waals surface area (Å²) >= 11 is 0. The van der Waals surface area contributed by atoms with Gasteiger partial charge in [0.1, 0.15) is 5.69 Å². The summed E-state index contributed by atoms with van der Waals surface area (Å²) in [6.45, 7) is 1.56. The van der Waals surface area contributed by atoms with Crippen LogP contribution in [-0.2, 0) is 20.7 Å². The van der Waals surface area contributed by atoms with Gasteiger partial charge in [-0.15, -0.1) is 0 Å². The summed E-state index contributed by atoms with van der Waals surface area (Å²) in [6.07, 6.45) is -0.945. The van der Waals surface area contributed by atoms with Crippen molar-refractivity contribution < 1.29 is 18.8 Å². The number of nitrogens with zero attached hydrogens (tertiary/aromatic N) is 2. The fourth-order valence-corrected chi connectivity index (χ4v) is 2.54. The Morgan fingerprint density at radius 2 is 1.80 bits per heavy atom. The molecule has 0 N–H and O–H groups in total. The lowest BCUT2D eigenvalue weighted by molar-refractivity contribution is -0.153. The Kier molecular flexibility index (Phi) is 4.79. The van der Waals surface area contributed by atoms with Crippen LogP contribution >= 0.6 is 0 Å². The molecule has 6 nitrogen and oxygen atoms in total. The lowest BCUT2D eigenvalue weighted by Gasteiger charge is -2.21. The molecule has 1 aromatic heterocycles. The van der Waals surface area contributed by atoms with Crippen molar-refractivity contribution in [3.8, 4) is 0 Å². The van der Waals surface area contributed by atoms with Crippen LogP contribution in [0.25, 0.3) is 11.0 Å². The van der Waals surface area contributed by atoms with E-state index in [0.29, 0.717) is 11.3 Å². The molecule has 25 heavy (non-hydrogen) atoms. The van der Waals surface area contributed by atoms with E-state index in [2.05, 4.69) is 5.16 Å². The summed E-state index contributed by atoms with van der Waals surface area (Å²) in [5.41, 5.74) is 1.84. The quantitative estimate of drug-likeness (QED) is 0.669. The van der Waals surface area contributed by atoms with Gasteiger partial charge in [0.2, 0.25) is 0 Å². The van der Waals surface area contributed by atoms with Crippen LogP contribution in [0, 0.1) is 0 Å². The number of para-hydroxylation sites is 2. The fraction of sp³-hybridized carbons (Fsp3) is 0.211. The third-order valence-corrected chi connectivity index (χ3v) is 3.89. The van der Waals surface area contributed by atoms with Crippen LogP contribution in [-0.4, -0.2) is 30.2 Å². The monoisotopic (exact) mass is 338 g/mol. The number of rotatable bonds is 5. The van der Waals surface area contributed by atoms with Crippen LogP contribution in [0.5, 0.6) is 0 Å². The average Bonchev–Trinajstić information content (AvgIpc) is 3.04. The van der Waals surface area contributed by atoms with Gasteiger partial charge in [-0.05, 0) is 31.2 Å². The highest BCUT2D eigenvalue weighted by Crippen LogP contribution is 2.19. The molecule has 1 amide bonds. The number of fused-ring (bicyclic) bond motifs is 1. The first-order chi connectivity index (χ1) is 12.1. The maximum absolute atomic E-state index is 12.4. The summed E-state index contributed by atoms with van der Waals surface area (Å²) in [5, 5.41) is 4.66. The fourth-order valence-electron chi connectivity index (χ4n) is 2.54. The van der Waals surface area contributed by atoms with Gasteiger partial charge >= 0.3 is 5.97 Å². The summed E-state index contributed by atoms with van der Waals surface area (Å²) in [7, 11) is 1.65. The largest absolute Gasteiger partial charge is 0.452 e. The molecule has 0 aliphatic rings. The molecule has 2 aromatic carbocycles. The van der Waals surface area contributed by atoms with E-state index in [1.165, 1.54) is 4.90 Å². The zero-order valence-electron chi connectivity index (χ0n) is 14.0. The first kappa shape index (κ1) is 16.7. The Morgan fingerprint density at radius 1 is 1.12 bits per heavy atom. The minimum atomic E-state index is -0.893. The Hall–Kier alpha value is -3.15. The van der Waals surface area contributed by atoms with Crippen molar-refractivity contribution >= 4 is 28.5 Å². The van der Waals surface area contributed by atoms with Gasteiger partial charge in [0.25, 0.3) is 5.91 Å². The van der Waals surface area contributed by atoms with E-state index in [9.17, 15) is 9.59 Å². The summed E-state index contributed by atoms with van der Waals surface area (Å²) in [5.74, 6) is -0.828. The SMILES string of the molecule is C[C@@H](OC(=O)Cc1noc2ccccc12)C(=O)N(C)c1ccccc1. The standard InChI is InChI=1S/C19H18N2O4/c1-13(19(23)21(2)14-8-4-3-5-9-14)24-18(22)12-16-15-10-6-7-11-17(15)25-20-16/h3-11,13H,12H2,1-2H3/t13-/m1/s1. The zero-order chi connectivity index (χ0) is 17.8. The minimum Gasteiger partial charge on any atom is -0.452 e. The van der Waals surface area contributed by atoms with Crippen LogP contribution in [0.1, 0.15) is 12.6 Å². The van der Waals surface area contributed by atoms with E-state index in [-0.39, 0.29) is 12.3 Å². The summed E-state index contributed by atoms with van der Waals surface area (Å²) < 4.78 is 10.4. The lowest BCUT2D eigenvalue weighted by atomic mass is 10.2. The molecular weight excluding hydrogens is 320 g/mol. The first-order valence-corrected chi connectivity index (χ1v) is 7.91. The molecule has 0 spiro atoms. The number of esters is 1. The Balaban J connectivity index is 1.63. The maximum Gasteiger partial charge on any atom is 0.312 e. The lowest BCUT2D eigenvalue weighted by Crippen LogP contribution is -2.37. The second kappa shape index (κ2) is 7.17. The number of hydrogen-bond donors (Lipinski definition) is 0. The third-order valence-electron chi connectivity index (χ3n) is 3.89. The van der Waals surface area contributed by atoms with Gasteiger partial charge in [-0.1, -0.05) is 35.5 Å². The molecule has 0 aliphatic carbocycles. The zero-order valence-corrected chi connectivity index (χ0v) is 14.0. The third kappa shape index (κ3) is 3.68. The number of anilines is 1. The Morgan fingerprint density at radius 3 is 2.56 bits per heavy atom. The number of likely N-dealkylation sites (N-methyl/N-ethyl adjacent to an activating group) is 1. The normalized spacial score (nSPS) is 11.9. The van der Waals surface area contributed by atoms with Crippen molar-refractivity contribution in [3.05, 3.63) is 60.3 Å². The topological polar surface area (TPSA) is 72.6 Å². The molecule has 6 heteroatoms. The van der Waals surface area contributed by atoms with E-state index in [4.69, 9.17) is 9.26 Å². The van der Waals surface area contributed by atoms with Crippen molar-refractivity contribution in [3.63, 3.8) is 0 Å². The second-order valence-corrected chi connectivity index (χ2v) is 5.67. The summed E-state index contributed by atoms with van der Waals surface area (Å²) in [6, 6.07) is 16.4. The number of aromatic nitrogens is 1. The highest BCUT2D eigenvalue weighted by molar-refractivity contribution is 5.97. The molecule has 1 atom stereocenters. The first-order valence-electron chi connectivity index (χ1n) is 7.91. The van der Waals surface area contributed by atoms with Crippen LogP contribution in [0.4, 0.5) is 5.69 Å². The van der Waals surface area contributed by atoms with Gasteiger partial charge in [0.15, 0.2) is 11.7 Å². The van der Waals surface area contributed by atoms with Crippen molar-refractivity contribution in [2.45, 2.75) is 19.4 Å². The van der Waals surface area contributed by atoms with Gasteiger partial charge < -0.3 is 14.2 Å². The van der Waals surface area contributed by atoms with Crippen LogP contribution < -0.4 is 4.90 Å². The average molecular weight is 338 g/mol. The van der Waals surface area contributed by atoms with Gasteiger partial charge in [-0.25, -0.2) is 0 Å². The van der Waals surface area contributed by atoms with Gasteiger partial charge in [-0.3, -0.25) is 9.59 Å². The summed E-state index contributed by atoms with van der Waals surface area (Å²) in [4.78, 5) is 26.0. The van der Waals surface area contributed by atoms with E-state index in [0.717, 1.165) is 11.1 Å². The number of carbonyl (C=O) groups is 2. The van der Waals surface area contributed by atoms with Crippen molar-refractivity contribution in [2.24, 2.45) is 0 Å². The van der Waals surface area contributed by atoms with E-state index in [1.54, 1.807) is 20.0 Å². The number of carbonyl (C=O) groups excluding carboxylic acids is 2. The maximum atomic E-state index is 12.4. The predicted molar refractivity (Wildman–Crippen MR) is 93.1 cm³/mol. The van der Waals surface area contributed by atoms with Crippen molar-refractivity contribution in [1.29, 1.82) is 0 Å². The number of hydrogen-bond acceptors (Lipinski definition) is 5. The van der Waals surface area contributed by atoms with E-state index >= 15 is 0 Å². The second-order valence-electron chi connectivity index (χ2n) is 5.67. The molecule has 0 fully saturated rings. The van der Waals surface area contributed by atoms with E-state index in [1.807, 2.05) is 48.5 Å². The molecule has 1 heterocycles. The van der Waals surface area contributed by atoms with Crippen LogP contribution in [0.3, 0.4) is 0 Å². The van der Waals surface area contributed by atoms with Crippen LogP contribution in [0.2, 0.25) is 0 Å². The molecular formula is C19H18N2O4. The molecule has 0 bridgehead atoms. The van der Waals surface area contributed by atoms with Gasteiger partial charge in [-0.2, -0.15) is 0 Å². The highest BCUT2D eigenvalue weighted by Gasteiger charge is 2.23. The molecule has 0 radical (unpaired) electrons. The Bertz CT molecular complexity index is 889. The molecule has 0 saturated carbocycles. The highest BCUT2D eigenvalue weighted by atomic mass is 16.5. The van der Waals surface area contributed by atoms with Crippen molar-refractivity contribution in [2.75, 3.05) is 11.9 Å². The van der Waals surface area contributed by atoms with Crippen molar-refractivity contribution in [1.82, 2.24) is 5.16 Å². The minimum absolute atomic E-state index is 0.0519. The number of amides is 1. The molecule has 128 valence electrons. The molecule has 0 aliphatic heterocycles. The molecule has 0 unspecified atom stereocenters. The molecule has 3 aromatic rings. The van der Waals surface area contributed by atoms with Gasteiger partial charge in [0.05, 0.1) is 6.42 Å². The predicted octanol–water partition coefficient (Wildman–Crippen LogP) is 2.97. The molecule has 0 saturated heterocycles. The van der Waals surface area contributed by atoms with E-state index < -0.39 is 12.1 Å². The Labute approximate surface area is 145 Å². The number of benzene rings is 2. The van der Waals surface area contributed by atoms with Gasteiger partial charge in [0, 0.05) is 18.1 Å². The molecule has 3 rings (SSSR count). The van der Waals surface area contributed by atoms with Crippen LogP contribution in [0.15, 0.2) is 59.1 Å². The smallest absolute Gasteiger partial charge is 0.312 e. The number of ether oxygens (including phenoxy) is 1.